The molecule has 1 aliphatic rings. The molecule has 2 aromatic carbocycles. The van der Waals surface area contributed by atoms with Crippen LogP contribution in [0.2, 0.25) is 0 Å². The first kappa shape index (κ1) is 14.9. The van der Waals surface area contributed by atoms with Gasteiger partial charge in [-0.05, 0) is 42.7 Å². The minimum Gasteiger partial charge on any atom is -0.331 e. The number of imidazole rings is 1. The zero-order valence-corrected chi connectivity index (χ0v) is 14.1. The Labute approximate surface area is 141 Å². The van der Waals surface area contributed by atoms with E-state index in [1.165, 1.54) is 18.7 Å². The first-order valence-electron chi connectivity index (χ1n) is 8.40. The number of carbonyl (C=O) groups excluding carboxylic acids is 1. The van der Waals surface area contributed by atoms with Crippen LogP contribution in [0.25, 0.3) is 11.0 Å². The van der Waals surface area contributed by atoms with Gasteiger partial charge < -0.3 is 9.47 Å². The van der Waals surface area contributed by atoms with Gasteiger partial charge in [0.05, 0.1) is 17.5 Å². The second-order valence-corrected chi connectivity index (χ2v) is 6.59. The van der Waals surface area contributed by atoms with Crippen molar-refractivity contribution in [2.45, 2.75) is 25.2 Å². The number of anilines is 1. The topological polar surface area (TPSA) is 38.1 Å². The quantitative estimate of drug-likeness (QED) is 0.736. The molecule has 0 bridgehead atoms. The van der Waals surface area contributed by atoms with Crippen LogP contribution in [0, 0.1) is 0 Å². The molecule has 3 aromatic rings. The van der Waals surface area contributed by atoms with Crippen molar-refractivity contribution in [3.8, 4) is 0 Å². The number of hydrogen-bond acceptors (Lipinski definition) is 2. The van der Waals surface area contributed by atoms with E-state index < -0.39 is 0 Å². The molecule has 4 heteroatoms. The zero-order chi connectivity index (χ0) is 16.7. The minimum absolute atomic E-state index is 0.0823. The van der Waals surface area contributed by atoms with Crippen molar-refractivity contribution >= 4 is 22.6 Å². The lowest BCUT2D eigenvalue weighted by atomic mass is 10.1. The Kier molecular flexibility index (Phi) is 3.60. The summed E-state index contributed by atoms with van der Waals surface area (Å²) in [7, 11) is 3.90. The lowest BCUT2D eigenvalue weighted by Crippen LogP contribution is -2.27. The van der Waals surface area contributed by atoms with Gasteiger partial charge in [0.2, 0.25) is 5.91 Å². The van der Waals surface area contributed by atoms with Gasteiger partial charge in [0.1, 0.15) is 5.82 Å². The third-order valence-corrected chi connectivity index (χ3v) is 4.80. The molecule has 1 fully saturated rings. The Morgan fingerprint density at radius 2 is 1.96 bits per heavy atom. The molecule has 0 aliphatic heterocycles. The van der Waals surface area contributed by atoms with Crippen molar-refractivity contribution in [3.63, 3.8) is 0 Å². The van der Waals surface area contributed by atoms with Crippen LogP contribution in [-0.2, 0) is 18.3 Å². The van der Waals surface area contributed by atoms with E-state index in [0.717, 1.165) is 22.3 Å². The zero-order valence-electron chi connectivity index (χ0n) is 14.1. The number of fused-ring (bicyclic) bond motifs is 1. The van der Waals surface area contributed by atoms with Crippen molar-refractivity contribution in [1.82, 2.24) is 9.55 Å². The van der Waals surface area contributed by atoms with Gasteiger partial charge in [-0.2, -0.15) is 0 Å². The summed E-state index contributed by atoms with van der Waals surface area (Å²) in [6, 6.07) is 15.9. The highest BCUT2D eigenvalue weighted by atomic mass is 16.2. The first-order valence-corrected chi connectivity index (χ1v) is 8.40. The first-order chi connectivity index (χ1) is 11.6. The molecule has 0 atom stereocenters. The molecule has 1 aliphatic carbocycles. The average Bonchev–Trinajstić information content (AvgIpc) is 3.39. The number of nitrogens with zero attached hydrogens (tertiary/aromatic N) is 3. The van der Waals surface area contributed by atoms with E-state index in [9.17, 15) is 4.79 Å². The van der Waals surface area contributed by atoms with Crippen LogP contribution >= 0.6 is 0 Å². The number of aryl methyl sites for hydroxylation is 1. The summed E-state index contributed by atoms with van der Waals surface area (Å²) in [6.07, 6.45) is 2.87. The van der Waals surface area contributed by atoms with Gasteiger partial charge in [-0.1, -0.05) is 24.3 Å². The highest BCUT2D eigenvalue weighted by molar-refractivity contribution is 5.94. The van der Waals surface area contributed by atoms with Gasteiger partial charge in [0.25, 0.3) is 0 Å². The fraction of sp³-hybridized carbons (Fsp3) is 0.300. The number of rotatable bonds is 4. The Morgan fingerprint density at radius 3 is 2.67 bits per heavy atom. The number of para-hydroxylation sites is 1. The van der Waals surface area contributed by atoms with Gasteiger partial charge in [-0.25, -0.2) is 4.98 Å². The van der Waals surface area contributed by atoms with Crippen molar-refractivity contribution in [1.29, 1.82) is 0 Å². The number of aromatic nitrogens is 2. The van der Waals surface area contributed by atoms with Gasteiger partial charge in [0.15, 0.2) is 0 Å². The van der Waals surface area contributed by atoms with E-state index in [1.54, 1.807) is 4.90 Å². The molecule has 1 aromatic heterocycles. The molecule has 0 spiro atoms. The number of amides is 1. The van der Waals surface area contributed by atoms with Crippen LogP contribution in [0.1, 0.15) is 30.1 Å². The third-order valence-electron chi connectivity index (χ3n) is 4.80. The molecule has 4 nitrogen and oxygen atoms in total. The standard InChI is InChI=1S/C20H21N3O/c1-22(16-6-4-3-5-7-16)19(24)13-14-8-11-18-17(12-14)21-20(23(18)2)15-9-10-15/h3-8,11-12,15H,9-10,13H2,1-2H3. The summed E-state index contributed by atoms with van der Waals surface area (Å²) in [5.41, 5.74) is 4.06. The number of benzene rings is 2. The SMILES string of the molecule is CN(C(=O)Cc1ccc2c(c1)nc(C1CC1)n2C)c1ccccc1. The molecular weight excluding hydrogens is 298 g/mol. The molecular formula is C20H21N3O. The van der Waals surface area contributed by atoms with Gasteiger partial charge in [0, 0.05) is 25.7 Å². The normalized spacial score (nSPS) is 14.1. The molecule has 24 heavy (non-hydrogen) atoms. The molecule has 0 radical (unpaired) electrons. The highest BCUT2D eigenvalue weighted by Gasteiger charge is 2.28. The van der Waals surface area contributed by atoms with Crippen molar-refractivity contribution in [2.24, 2.45) is 7.05 Å². The minimum atomic E-state index is 0.0823. The summed E-state index contributed by atoms with van der Waals surface area (Å²) in [4.78, 5) is 19.0. The fourth-order valence-electron chi connectivity index (χ4n) is 3.17. The molecule has 122 valence electrons. The predicted molar refractivity (Wildman–Crippen MR) is 96.2 cm³/mol. The lowest BCUT2D eigenvalue weighted by Gasteiger charge is -2.17. The highest BCUT2D eigenvalue weighted by Crippen LogP contribution is 2.40. The van der Waals surface area contributed by atoms with E-state index in [1.807, 2.05) is 43.4 Å². The second kappa shape index (κ2) is 5.78. The van der Waals surface area contributed by atoms with Crippen molar-refractivity contribution in [3.05, 3.63) is 59.9 Å². The molecule has 1 saturated carbocycles. The Bertz CT molecular complexity index is 894. The summed E-state index contributed by atoms with van der Waals surface area (Å²) in [5.74, 6) is 1.88. The van der Waals surface area contributed by atoms with Gasteiger partial charge in [-0.3, -0.25) is 4.79 Å². The van der Waals surface area contributed by atoms with Crippen LogP contribution in [0.4, 0.5) is 5.69 Å². The lowest BCUT2D eigenvalue weighted by molar-refractivity contribution is -0.117. The summed E-state index contributed by atoms with van der Waals surface area (Å²) in [5, 5.41) is 0. The van der Waals surface area contributed by atoms with E-state index in [-0.39, 0.29) is 5.91 Å². The Morgan fingerprint density at radius 1 is 1.21 bits per heavy atom. The van der Waals surface area contributed by atoms with E-state index in [2.05, 4.69) is 23.7 Å². The third kappa shape index (κ3) is 2.68. The number of likely N-dealkylation sites (N-methyl/N-ethyl adjacent to an activating group) is 1. The van der Waals surface area contributed by atoms with Crippen LogP contribution in [0.3, 0.4) is 0 Å². The van der Waals surface area contributed by atoms with Crippen LogP contribution < -0.4 is 4.90 Å². The van der Waals surface area contributed by atoms with E-state index in [4.69, 9.17) is 4.98 Å². The van der Waals surface area contributed by atoms with Gasteiger partial charge in [-0.15, -0.1) is 0 Å². The summed E-state index contributed by atoms with van der Waals surface area (Å²) < 4.78 is 2.19. The molecule has 1 amide bonds. The average molecular weight is 319 g/mol. The van der Waals surface area contributed by atoms with E-state index >= 15 is 0 Å². The predicted octanol–water partition coefficient (Wildman–Crippen LogP) is 3.66. The largest absolute Gasteiger partial charge is 0.331 e. The van der Waals surface area contributed by atoms with Crippen molar-refractivity contribution in [2.75, 3.05) is 11.9 Å². The maximum Gasteiger partial charge on any atom is 0.231 e. The summed E-state index contributed by atoms with van der Waals surface area (Å²) >= 11 is 0. The number of carbonyl (C=O) groups is 1. The van der Waals surface area contributed by atoms with Crippen LogP contribution in [0.5, 0.6) is 0 Å². The smallest absolute Gasteiger partial charge is 0.231 e. The Balaban J connectivity index is 1.57. The summed E-state index contributed by atoms with van der Waals surface area (Å²) in [6.45, 7) is 0. The monoisotopic (exact) mass is 319 g/mol. The molecule has 1 heterocycles. The number of hydrogen-bond donors (Lipinski definition) is 0. The molecule has 4 rings (SSSR count). The maximum absolute atomic E-state index is 12.5. The van der Waals surface area contributed by atoms with Gasteiger partial charge >= 0.3 is 0 Å². The van der Waals surface area contributed by atoms with Crippen molar-refractivity contribution < 1.29 is 4.79 Å². The fourth-order valence-corrected chi connectivity index (χ4v) is 3.17. The Hall–Kier alpha value is -2.62. The molecule has 0 unspecified atom stereocenters. The van der Waals surface area contributed by atoms with Crippen LogP contribution in [-0.4, -0.2) is 22.5 Å². The van der Waals surface area contributed by atoms with E-state index in [0.29, 0.717) is 12.3 Å². The van der Waals surface area contributed by atoms with Crippen LogP contribution in [0.15, 0.2) is 48.5 Å². The molecule has 0 saturated heterocycles. The molecule has 0 N–H and O–H groups in total. The maximum atomic E-state index is 12.5. The second-order valence-electron chi connectivity index (χ2n) is 6.59.